The molecule has 120 valence electrons. The molecule has 5 nitrogen and oxygen atoms in total. The Bertz CT molecular complexity index is 467. The first-order valence-electron chi connectivity index (χ1n) is 8.02. The molecule has 1 aromatic rings. The van der Waals surface area contributed by atoms with Gasteiger partial charge in [0.1, 0.15) is 0 Å². The van der Waals surface area contributed by atoms with Crippen molar-refractivity contribution in [2.24, 2.45) is 18.8 Å². The van der Waals surface area contributed by atoms with Gasteiger partial charge in [0.15, 0.2) is 0 Å². The van der Waals surface area contributed by atoms with Gasteiger partial charge >= 0.3 is 0 Å². The van der Waals surface area contributed by atoms with Crippen LogP contribution >= 0.6 is 0 Å². The molecule has 0 spiro atoms. The van der Waals surface area contributed by atoms with Crippen LogP contribution < -0.4 is 11.3 Å². The third-order valence-electron chi connectivity index (χ3n) is 5.26. The largest absolute Gasteiger partial charge is 0.302 e. The highest BCUT2D eigenvalue weighted by Crippen LogP contribution is 2.38. The zero-order valence-corrected chi connectivity index (χ0v) is 14.2. The molecule has 1 aliphatic carbocycles. The van der Waals surface area contributed by atoms with E-state index >= 15 is 0 Å². The van der Waals surface area contributed by atoms with Crippen molar-refractivity contribution in [2.75, 3.05) is 14.1 Å². The number of hydrazine groups is 1. The molecule has 1 aromatic heterocycles. The molecule has 0 aromatic carbocycles. The monoisotopic (exact) mass is 293 g/mol. The van der Waals surface area contributed by atoms with Gasteiger partial charge in [0.2, 0.25) is 0 Å². The second kappa shape index (κ2) is 6.46. The van der Waals surface area contributed by atoms with E-state index in [0.29, 0.717) is 0 Å². The number of likely N-dealkylation sites (N-methyl/N-ethyl adjacent to an activating group) is 1. The highest BCUT2D eigenvalue weighted by atomic mass is 15.3. The Morgan fingerprint density at radius 1 is 1.57 bits per heavy atom. The molecule has 0 saturated heterocycles. The summed E-state index contributed by atoms with van der Waals surface area (Å²) in [6, 6.07) is 2.41. The van der Waals surface area contributed by atoms with E-state index in [1.54, 1.807) is 0 Å². The van der Waals surface area contributed by atoms with Gasteiger partial charge in [0.25, 0.3) is 0 Å². The number of nitrogens with zero attached hydrogens (tertiary/aromatic N) is 3. The maximum atomic E-state index is 5.97. The number of nitrogens with two attached hydrogens (primary N) is 1. The molecule has 0 aliphatic heterocycles. The zero-order valence-electron chi connectivity index (χ0n) is 14.2. The lowest BCUT2D eigenvalue weighted by Crippen LogP contribution is -2.63. The van der Waals surface area contributed by atoms with E-state index in [-0.39, 0.29) is 11.6 Å². The normalized spacial score (nSPS) is 28.0. The molecule has 3 unspecified atom stereocenters. The quantitative estimate of drug-likeness (QED) is 0.640. The number of hydrogen-bond acceptors (Lipinski definition) is 4. The van der Waals surface area contributed by atoms with Gasteiger partial charge in [-0.15, -0.1) is 0 Å². The van der Waals surface area contributed by atoms with Crippen molar-refractivity contribution in [3.63, 3.8) is 0 Å². The van der Waals surface area contributed by atoms with Crippen LogP contribution in [0.2, 0.25) is 0 Å². The van der Waals surface area contributed by atoms with E-state index in [2.05, 4.69) is 42.5 Å². The molecule has 3 N–H and O–H groups in total. The second-order valence-corrected chi connectivity index (χ2v) is 7.02. The van der Waals surface area contributed by atoms with Crippen LogP contribution in [0, 0.1) is 12.8 Å². The fourth-order valence-electron chi connectivity index (χ4n) is 4.07. The summed E-state index contributed by atoms with van der Waals surface area (Å²) >= 11 is 0. The van der Waals surface area contributed by atoms with Crippen LogP contribution in [0.15, 0.2) is 6.07 Å². The van der Waals surface area contributed by atoms with Crippen LogP contribution in [0.1, 0.15) is 44.0 Å². The van der Waals surface area contributed by atoms with Crippen LogP contribution in [0.5, 0.6) is 0 Å². The van der Waals surface area contributed by atoms with Crippen molar-refractivity contribution in [1.29, 1.82) is 0 Å². The minimum Gasteiger partial charge on any atom is -0.302 e. The first-order chi connectivity index (χ1) is 9.89. The summed E-state index contributed by atoms with van der Waals surface area (Å²) < 4.78 is 1.98. The van der Waals surface area contributed by atoms with Crippen LogP contribution in [-0.2, 0) is 13.5 Å². The smallest absolute Gasteiger partial charge is 0.0596 e. The molecule has 1 aliphatic rings. The summed E-state index contributed by atoms with van der Waals surface area (Å²) in [5.74, 6) is 6.73. The fourth-order valence-corrected chi connectivity index (χ4v) is 4.07. The Kier molecular flexibility index (Phi) is 5.07. The van der Waals surface area contributed by atoms with E-state index in [0.717, 1.165) is 18.0 Å². The summed E-state index contributed by atoms with van der Waals surface area (Å²) in [6.07, 6.45) is 5.93. The van der Waals surface area contributed by atoms with Gasteiger partial charge in [-0.3, -0.25) is 16.0 Å². The summed E-state index contributed by atoms with van der Waals surface area (Å²) in [4.78, 5) is 2.39. The molecular weight excluding hydrogens is 262 g/mol. The predicted molar refractivity (Wildman–Crippen MR) is 86.8 cm³/mol. The van der Waals surface area contributed by atoms with E-state index in [1.165, 1.54) is 31.4 Å². The Balaban J connectivity index is 2.26. The average Bonchev–Trinajstić information content (AvgIpc) is 2.73. The van der Waals surface area contributed by atoms with E-state index < -0.39 is 0 Å². The molecule has 2 rings (SSSR count). The van der Waals surface area contributed by atoms with E-state index in [9.17, 15) is 0 Å². The zero-order chi connectivity index (χ0) is 15.6. The number of aryl methyl sites for hydroxylation is 2. The number of hydrogen-bond donors (Lipinski definition) is 2. The van der Waals surface area contributed by atoms with Crippen LogP contribution in [-0.4, -0.2) is 40.4 Å². The van der Waals surface area contributed by atoms with Gasteiger partial charge in [-0.25, -0.2) is 0 Å². The van der Waals surface area contributed by atoms with Crippen molar-refractivity contribution < 1.29 is 0 Å². The first-order valence-corrected chi connectivity index (χ1v) is 8.02. The van der Waals surface area contributed by atoms with Crippen molar-refractivity contribution in [1.82, 2.24) is 20.1 Å². The fraction of sp³-hybridized carbons (Fsp3) is 0.812. The van der Waals surface area contributed by atoms with Crippen molar-refractivity contribution in [2.45, 2.75) is 57.5 Å². The maximum absolute atomic E-state index is 5.97. The lowest BCUT2D eigenvalue weighted by atomic mass is 9.70. The van der Waals surface area contributed by atoms with Crippen LogP contribution in [0.3, 0.4) is 0 Å². The van der Waals surface area contributed by atoms with Gasteiger partial charge < -0.3 is 4.90 Å². The maximum Gasteiger partial charge on any atom is 0.0596 e. The Hall–Kier alpha value is -0.910. The van der Waals surface area contributed by atoms with Crippen molar-refractivity contribution in [3.8, 4) is 0 Å². The third kappa shape index (κ3) is 3.30. The molecule has 0 radical (unpaired) electrons. The lowest BCUT2D eigenvalue weighted by Gasteiger charge is -2.50. The minimum atomic E-state index is 0.130. The highest BCUT2D eigenvalue weighted by Gasteiger charge is 2.43. The van der Waals surface area contributed by atoms with Gasteiger partial charge in [0.05, 0.1) is 5.69 Å². The van der Waals surface area contributed by atoms with Gasteiger partial charge in [-0.1, -0.05) is 19.8 Å². The number of rotatable bonds is 5. The highest BCUT2D eigenvalue weighted by molar-refractivity contribution is 5.13. The Morgan fingerprint density at radius 3 is 2.76 bits per heavy atom. The number of aromatic nitrogens is 2. The van der Waals surface area contributed by atoms with Gasteiger partial charge in [-0.05, 0) is 45.8 Å². The van der Waals surface area contributed by atoms with Crippen LogP contribution in [0.25, 0.3) is 0 Å². The van der Waals surface area contributed by atoms with E-state index in [1.807, 2.05) is 18.7 Å². The minimum absolute atomic E-state index is 0.130. The van der Waals surface area contributed by atoms with E-state index in [4.69, 9.17) is 5.84 Å². The molecule has 1 fully saturated rings. The third-order valence-corrected chi connectivity index (χ3v) is 5.26. The standard InChI is InChI=1S/C16H31N5/c1-12-7-6-8-16(11-12,20(3)4)15(18-17)10-14-9-13(2)19-21(14)5/h9,12,15,18H,6-8,10-11,17H2,1-5H3. The molecule has 0 amide bonds. The average molecular weight is 293 g/mol. The predicted octanol–water partition coefficient (Wildman–Crippen LogP) is 1.61. The number of nitrogens with one attached hydrogen (secondary N) is 1. The SMILES string of the molecule is Cc1cc(CC(NN)C2(N(C)C)CCCC(C)C2)n(C)n1. The summed E-state index contributed by atoms with van der Waals surface area (Å²) in [5, 5.41) is 4.46. The first kappa shape index (κ1) is 16.5. The Labute approximate surface area is 128 Å². The van der Waals surface area contributed by atoms with Gasteiger partial charge in [-0.2, -0.15) is 5.10 Å². The molecule has 0 bridgehead atoms. The molecule has 5 heteroatoms. The molecular formula is C16H31N5. The van der Waals surface area contributed by atoms with Crippen LogP contribution in [0.4, 0.5) is 0 Å². The summed E-state index contributed by atoms with van der Waals surface area (Å²) in [5.41, 5.74) is 5.56. The summed E-state index contributed by atoms with van der Waals surface area (Å²) in [7, 11) is 6.40. The van der Waals surface area contributed by atoms with Crippen molar-refractivity contribution >= 4 is 0 Å². The second-order valence-electron chi connectivity index (χ2n) is 7.02. The molecule has 21 heavy (non-hydrogen) atoms. The topological polar surface area (TPSA) is 59.1 Å². The summed E-state index contributed by atoms with van der Waals surface area (Å²) in [6.45, 7) is 4.40. The molecule has 1 saturated carbocycles. The molecule has 1 heterocycles. The van der Waals surface area contributed by atoms with Crippen molar-refractivity contribution in [3.05, 3.63) is 17.5 Å². The molecule has 3 atom stereocenters. The Morgan fingerprint density at radius 2 is 2.29 bits per heavy atom. The van der Waals surface area contributed by atoms with Gasteiger partial charge in [0, 0.05) is 30.7 Å². The lowest BCUT2D eigenvalue weighted by molar-refractivity contribution is 0.0367.